The van der Waals surface area contributed by atoms with Crippen LogP contribution in [0.2, 0.25) is 0 Å². The molecule has 0 bridgehead atoms. The maximum absolute atomic E-state index is 10.6. The van der Waals surface area contributed by atoms with Gasteiger partial charge in [0.25, 0.3) is 0 Å². The highest BCUT2D eigenvalue weighted by atomic mass is 15.0. The van der Waals surface area contributed by atoms with Crippen LogP contribution in [0.1, 0.15) is 11.1 Å². The summed E-state index contributed by atoms with van der Waals surface area (Å²) in [6.45, 7) is 7.94. The first-order valence-electron chi connectivity index (χ1n) is 16.3. The van der Waals surface area contributed by atoms with Crippen LogP contribution in [0, 0.1) is 29.2 Å². The van der Waals surface area contributed by atoms with Crippen LogP contribution < -0.4 is 0 Å². The molecule has 0 fully saturated rings. The van der Waals surface area contributed by atoms with Crippen LogP contribution in [0.3, 0.4) is 0 Å². The number of hydrogen-bond acceptors (Lipinski definition) is 2. The Kier molecular flexibility index (Phi) is 6.56. The van der Waals surface area contributed by atoms with Crippen molar-refractivity contribution in [3.63, 3.8) is 0 Å². The van der Waals surface area contributed by atoms with Gasteiger partial charge in [-0.1, -0.05) is 103 Å². The third kappa shape index (κ3) is 4.24. The van der Waals surface area contributed by atoms with Crippen molar-refractivity contribution in [3.05, 3.63) is 174 Å². The fourth-order valence-corrected chi connectivity index (χ4v) is 7.50. The summed E-state index contributed by atoms with van der Waals surface area (Å²) in [6, 6.07) is 55.7. The SMILES string of the molecule is [C-]#[N+]c1cccc2c3cc(C#N)ccc3n(-c3ccc(-c4ccccc4-c4ccccc4-n4c5ccccc5c5ccccc54)cc3C#N)c12. The molecule has 50 heavy (non-hydrogen) atoms. The van der Waals surface area contributed by atoms with Crippen molar-refractivity contribution in [1.29, 1.82) is 10.5 Å². The molecule has 5 nitrogen and oxygen atoms in total. The minimum absolute atomic E-state index is 0.482. The van der Waals surface area contributed by atoms with Crippen molar-refractivity contribution >= 4 is 49.3 Å². The van der Waals surface area contributed by atoms with E-state index in [-0.39, 0.29) is 0 Å². The van der Waals surface area contributed by atoms with E-state index < -0.39 is 0 Å². The van der Waals surface area contributed by atoms with E-state index in [2.05, 4.69) is 119 Å². The molecule has 0 unspecified atom stereocenters. The van der Waals surface area contributed by atoms with Gasteiger partial charge in [-0.05, 0) is 70.6 Å². The number of para-hydroxylation sites is 4. The molecule has 0 aliphatic carbocycles. The molecule has 0 atom stereocenters. The summed E-state index contributed by atoms with van der Waals surface area (Å²) < 4.78 is 4.33. The van der Waals surface area contributed by atoms with Crippen LogP contribution >= 0.6 is 0 Å². The number of hydrogen-bond donors (Lipinski definition) is 0. The minimum atomic E-state index is 0.482. The Labute approximate surface area is 288 Å². The number of benzene rings is 7. The smallest absolute Gasteiger partial charge is 0.211 e. The molecule has 0 radical (unpaired) electrons. The maximum atomic E-state index is 10.6. The van der Waals surface area contributed by atoms with E-state index in [1.54, 1.807) is 12.1 Å². The molecule has 0 spiro atoms. The second-order valence-electron chi connectivity index (χ2n) is 12.2. The van der Waals surface area contributed by atoms with Gasteiger partial charge in [-0.3, -0.25) is 0 Å². The van der Waals surface area contributed by atoms with Crippen LogP contribution in [0.25, 0.3) is 82.1 Å². The van der Waals surface area contributed by atoms with Crippen molar-refractivity contribution in [2.24, 2.45) is 0 Å². The lowest BCUT2D eigenvalue weighted by atomic mass is 9.92. The third-order valence-corrected chi connectivity index (χ3v) is 9.63. The van der Waals surface area contributed by atoms with Gasteiger partial charge in [-0.2, -0.15) is 10.5 Å². The monoisotopic (exact) mass is 635 g/mol. The van der Waals surface area contributed by atoms with Gasteiger partial charge >= 0.3 is 0 Å². The summed E-state index contributed by atoms with van der Waals surface area (Å²) in [4.78, 5) is 3.83. The fourth-order valence-electron chi connectivity index (χ4n) is 7.50. The fraction of sp³-hybridized carbons (Fsp3) is 0. The molecule has 2 heterocycles. The van der Waals surface area contributed by atoms with Crippen LogP contribution in [0.15, 0.2) is 152 Å². The predicted octanol–water partition coefficient (Wildman–Crippen LogP) is 11.5. The number of fused-ring (bicyclic) bond motifs is 6. The molecule has 0 saturated heterocycles. The van der Waals surface area contributed by atoms with Gasteiger partial charge in [0.2, 0.25) is 5.69 Å². The summed E-state index contributed by atoms with van der Waals surface area (Å²) in [5.41, 5.74) is 11.1. The zero-order valence-electron chi connectivity index (χ0n) is 26.7. The van der Waals surface area contributed by atoms with E-state index >= 15 is 0 Å². The first kappa shape index (κ1) is 28.8. The highest BCUT2D eigenvalue weighted by molar-refractivity contribution is 6.14. The molecule has 5 heteroatoms. The second kappa shape index (κ2) is 11.4. The van der Waals surface area contributed by atoms with E-state index in [0.29, 0.717) is 22.5 Å². The molecule has 9 rings (SSSR count). The Morgan fingerprint density at radius 3 is 1.84 bits per heavy atom. The highest BCUT2D eigenvalue weighted by Gasteiger charge is 2.20. The molecule has 0 aliphatic heterocycles. The Bertz CT molecular complexity index is 2920. The van der Waals surface area contributed by atoms with E-state index in [4.69, 9.17) is 6.57 Å². The normalized spacial score (nSPS) is 11.1. The molecule has 2 aromatic heterocycles. The van der Waals surface area contributed by atoms with E-state index in [1.165, 1.54) is 10.8 Å². The second-order valence-corrected chi connectivity index (χ2v) is 12.2. The van der Waals surface area contributed by atoms with Gasteiger partial charge < -0.3 is 9.13 Å². The molecular formula is C45H25N5. The number of nitrogens with zero attached hydrogens (tertiary/aromatic N) is 5. The van der Waals surface area contributed by atoms with Gasteiger partial charge in [0.15, 0.2) is 0 Å². The summed E-state index contributed by atoms with van der Waals surface area (Å²) >= 11 is 0. The molecule has 9 aromatic rings. The molecule has 0 amide bonds. The summed E-state index contributed by atoms with van der Waals surface area (Å²) in [7, 11) is 0. The zero-order chi connectivity index (χ0) is 33.8. The standard InChI is InChI=1S/C45H25N5/c1-48-39-17-10-16-37-38-25-29(27-46)21-23-44(38)50(45(37)39)40-24-22-30(26-31(40)28-47)32-11-2-3-12-33(32)34-13-4-7-18-41(34)49-42-19-8-5-14-35(42)36-15-6-9-20-43(36)49/h2-26H. The zero-order valence-corrected chi connectivity index (χ0v) is 26.7. The molecule has 0 aliphatic rings. The van der Waals surface area contributed by atoms with E-state index in [1.807, 2.05) is 47.0 Å². The average Bonchev–Trinajstić information content (AvgIpc) is 3.70. The Balaban J connectivity index is 1.26. The lowest BCUT2D eigenvalue weighted by molar-refractivity contribution is 1.17. The molecular weight excluding hydrogens is 611 g/mol. The average molecular weight is 636 g/mol. The lowest BCUT2D eigenvalue weighted by Crippen LogP contribution is -1.99. The molecule has 0 saturated carbocycles. The Morgan fingerprint density at radius 2 is 1.12 bits per heavy atom. The van der Waals surface area contributed by atoms with Gasteiger partial charge in [0, 0.05) is 21.7 Å². The summed E-state index contributed by atoms with van der Waals surface area (Å²) in [5, 5.41) is 24.4. The Morgan fingerprint density at radius 1 is 0.480 bits per heavy atom. The molecule has 230 valence electrons. The predicted molar refractivity (Wildman–Crippen MR) is 202 cm³/mol. The summed E-state index contributed by atoms with van der Waals surface area (Å²) in [5.74, 6) is 0. The maximum Gasteiger partial charge on any atom is 0.211 e. The van der Waals surface area contributed by atoms with E-state index in [0.717, 1.165) is 60.8 Å². The number of nitriles is 2. The topological polar surface area (TPSA) is 61.8 Å². The van der Waals surface area contributed by atoms with Crippen LogP contribution in [0.5, 0.6) is 0 Å². The van der Waals surface area contributed by atoms with Crippen molar-refractivity contribution in [1.82, 2.24) is 9.13 Å². The van der Waals surface area contributed by atoms with Gasteiger partial charge in [0.1, 0.15) is 6.07 Å². The van der Waals surface area contributed by atoms with Gasteiger partial charge in [-0.15, -0.1) is 0 Å². The first-order valence-corrected chi connectivity index (χ1v) is 16.3. The van der Waals surface area contributed by atoms with E-state index in [9.17, 15) is 10.5 Å². The van der Waals surface area contributed by atoms with Crippen molar-refractivity contribution < 1.29 is 0 Å². The quantitative estimate of drug-likeness (QED) is 0.181. The highest BCUT2D eigenvalue weighted by Crippen LogP contribution is 2.42. The summed E-state index contributed by atoms with van der Waals surface area (Å²) in [6.07, 6.45) is 0. The minimum Gasteiger partial charge on any atom is -0.318 e. The van der Waals surface area contributed by atoms with Crippen molar-refractivity contribution in [3.8, 4) is 45.8 Å². The first-order chi connectivity index (χ1) is 24.7. The Hall–Kier alpha value is -7.39. The van der Waals surface area contributed by atoms with Crippen LogP contribution in [-0.2, 0) is 0 Å². The van der Waals surface area contributed by atoms with Gasteiger partial charge in [0.05, 0.1) is 57.2 Å². The van der Waals surface area contributed by atoms with Gasteiger partial charge in [-0.25, -0.2) is 4.85 Å². The van der Waals surface area contributed by atoms with Crippen molar-refractivity contribution in [2.75, 3.05) is 0 Å². The third-order valence-electron chi connectivity index (χ3n) is 9.63. The largest absolute Gasteiger partial charge is 0.318 e. The van der Waals surface area contributed by atoms with Crippen LogP contribution in [-0.4, -0.2) is 9.13 Å². The number of aromatic nitrogens is 2. The molecule has 0 N–H and O–H groups in total. The number of rotatable bonds is 4. The van der Waals surface area contributed by atoms with Crippen LogP contribution in [0.4, 0.5) is 5.69 Å². The van der Waals surface area contributed by atoms with Crippen molar-refractivity contribution in [2.45, 2.75) is 0 Å². The lowest BCUT2D eigenvalue weighted by Gasteiger charge is -2.18. The molecule has 7 aromatic carbocycles.